The highest BCUT2D eigenvalue weighted by Gasteiger charge is 2.37. The minimum atomic E-state index is -0.513. The third kappa shape index (κ3) is 2.25. The van der Waals surface area contributed by atoms with Gasteiger partial charge in [-0.3, -0.25) is 0 Å². The third-order valence-electron chi connectivity index (χ3n) is 3.38. The first-order valence-electron chi connectivity index (χ1n) is 5.90. The van der Waals surface area contributed by atoms with Crippen molar-refractivity contribution in [2.75, 3.05) is 0 Å². The molecule has 1 heteroatoms. The number of hydrogen-bond donors (Lipinski definition) is 1. The quantitative estimate of drug-likeness (QED) is 0.815. The fourth-order valence-corrected chi connectivity index (χ4v) is 2.04. The molecule has 1 aromatic rings. The van der Waals surface area contributed by atoms with E-state index in [0.29, 0.717) is 0 Å². The molecule has 0 heterocycles. The second-order valence-electron chi connectivity index (χ2n) is 4.35. The Morgan fingerprint density at radius 1 is 1.31 bits per heavy atom. The first kappa shape index (κ1) is 11.2. The van der Waals surface area contributed by atoms with E-state index in [9.17, 15) is 5.11 Å². The summed E-state index contributed by atoms with van der Waals surface area (Å²) in [5, 5.41) is 10.1. The highest BCUT2D eigenvalue weighted by Crippen LogP contribution is 2.40. The summed E-state index contributed by atoms with van der Waals surface area (Å²) in [4.78, 5) is 0. The Balaban J connectivity index is 2.02. The van der Waals surface area contributed by atoms with Crippen LogP contribution in [0.5, 0.6) is 0 Å². The van der Waals surface area contributed by atoms with Crippen LogP contribution < -0.4 is 0 Å². The second-order valence-corrected chi connectivity index (χ2v) is 4.35. The van der Waals surface area contributed by atoms with Crippen LogP contribution in [0, 0.1) is 0 Å². The van der Waals surface area contributed by atoms with Crippen LogP contribution in [0.4, 0.5) is 0 Å². The van der Waals surface area contributed by atoms with Gasteiger partial charge in [0.15, 0.2) is 0 Å². The molecule has 84 valence electrons. The summed E-state index contributed by atoms with van der Waals surface area (Å²) in [6.07, 6.45) is 8.92. The molecule has 0 radical (unpaired) electrons. The Hall–Kier alpha value is -1.34. The molecular weight excluding hydrogens is 196 g/mol. The Kier molecular flexibility index (Phi) is 3.25. The molecule has 0 aromatic heterocycles. The van der Waals surface area contributed by atoms with Gasteiger partial charge in [0.1, 0.15) is 0 Å². The smallest absolute Gasteiger partial charge is 0.0860 e. The van der Waals surface area contributed by atoms with E-state index in [2.05, 4.69) is 24.3 Å². The number of rotatable bonds is 3. The van der Waals surface area contributed by atoms with Gasteiger partial charge in [0, 0.05) is 0 Å². The molecule has 1 fully saturated rings. The largest absolute Gasteiger partial charge is 0.386 e. The lowest BCUT2D eigenvalue weighted by molar-refractivity contribution is 0.0231. The van der Waals surface area contributed by atoms with Crippen LogP contribution in [0.2, 0.25) is 0 Å². The van der Waals surface area contributed by atoms with Gasteiger partial charge < -0.3 is 5.11 Å². The van der Waals surface area contributed by atoms with Crippen LogP contribution in [0.15, 0.2) is 48.1 Å². The van der Waals surface area contributed by atoms with Crippen molar-refractivity contribution in [3.8, 4) is 0 Å². The molecule has 0 aliphatic heterocycles. The monoisotopic (exact) mass is 214 g/mol. The fourth-order valence-electron chi connectivity index (χ4n) is 2.04. The van der Waals surface area contributed by atoms with Crippen molar-refractivity contribution < 1.29 is 5.11 Å². The van der Waals surface area contributed by atoms with Crippen molar-refractivity contribution in [2.45, 2.75) is 31.8 Å². The van der Waals surface area contributed by atoms with Crippen molar-refractivity contribution in [3.63, 3.8) is 0 Å². The molecule has 16 heavy (non-hydrogen) atoms. The first-order chi connectivity index (χ1) is 7.74. The lowest BCUT2D eigenvalue weighted by atomic mass is 9.73. The van der Waals surface area contributed by atoms with Crippen molar-refractivity contribution in [2.24, 2.45) is 0 Å². The maximum Gasteiger partial charge on any atom is 0.0860 e. The van der Waals surface area contributed by atoms with Gasteiger partial charge in [-0.15, -0.1) is 0 Å². The minimum Gasteiger partial charge on any atom is -0.386 e. The summed E-state index contributed by atoms with van der Waals surface area (Å²) in [5.74, 6) is 0. The summed E-state index contributed by atoms with van der Waals surface area (Å²) in [5.41, 5.74) is 1.85. The molecule has 1 nitrogen and oxygen atoms in total. The number of benzene rings is 1. The normalized spacial score (nSPS) is 27.2. The highest BCUT2D eigenvalue weighted by atomic mass is 16.3. The average Bonchev–Trinajstić information content (AvgIpc) is 2.33. The molecular formula is C15H18O. The van der Waals surface area contributed by atoms with Gasteiger partial charge in [0.2, 0.25) is 0 Å². The second kappa shape index (κ2) is 4.67. The summed E-state index contributed by atoms with van der Waals surface area (Å²) in [7, 11) is 0. The number of aliphatic hydroxyl groups is 1. The van der Waals surface area contributed by atoms with Crippen LogP contribution in [0.25, 0.3) is 6.08 Å². The topological polar surface area (TPSA) is 20.2 Å². The van der Waals surface area contributed by atoms with Crippen molar-refractivity contribution in [1.29, 1.82) is 0 Å². The van der Waals surface area contributed by atoms with Gasteiger partial charge in [-0.25, -0.2) is 0 Å². The minimum absolute atomic E-state index is 0.513. The standard InChI is InChI=1S/C15H18O/c1-2-15(16)12-11-14(15)10-6-9-13-7-4-3-5-8-13/h3-10,16H,2,11-12H2,1H3/b9-6+,14-10+. The lowest BCUT2D eigenvalue weighted by Crippen LogP contribution is -2.38. The molecule has 1 aromatic carbocycles. The van der Waals surface area contributed by atoms with Crippen molar-refractivity contribution >= 4 is 6.08 Å². The molecule has 1 aliphatic rings. The Morgan fingerprint density at radius 2 is 2.06 bits per heavy atom. The maximum atomic E-state index is 10.1. The molecule has 0 bridgehead atoms. The molecule has 1 saturated carbocycles. The molecule has 0 saturated heterocycles. The van der Waals surface area contributed by atoms with Crippen molar-refractivity contribution in [3.05, 3.63) is 53.6 Å². The molecule has 1 aliphatic carbocycles. The average molecular weight is 214 g/mol. The van der Waals surface area contributed by atoms with E-state index in [1.165, 1.54) is 11.1 Å². The maximum absolute atomic E-state index is 10.1. The molecule has 1 atom stereocenters. The van der Waals surface area contributed by atoms with Crippen LogP contribution in [0.1, 0.15) is 31.7 Å². The van der Waals surface area contributed by atoms with E-state index in [0.717, 1.165) is 19.3 Å². The molecule has 0 amide bonds. The third-order valence-corrected chi connectivity index (χ3v) is 3.38. The SMILES string of the molecule is CCC1(O)CC/C1=C\C=C\c1ccccc1. The van der Waals surface area contributed by atoms with Gasteiger partial charge in [-0.2, -0.15) is 0 Å². The predicted octanol–water partition coefficient (Wildman–Crippen LogP) is 3.56. The Labute approximate surface area is 97.1 Å². The van der Waals surface area contributed by atoms with Gasteiger partial charge in [-0.05, 0) is 30.4 Å². The molecule has 1 N–H and O–H groups in total. The summed E-state index contributed by atoms with van der Waals surface area (Å²) < 4.78 is 0. The summed E-state index contributed by atoms with van der Waals surface area (Å²) >= 11 is 0. The van der Waals surface area contributed by atoms with E-state index < -0.39 is 5.60 Å². The number of hydrogen-bond acceptors (Lipinski definition) is 1. The highest BCUT2D eigenvalue weighted by molar-refractivity contribution is 5.51. The Morgan fingerprint density at radius 3 is 2.62 bits per heavy atom. The van der Waals surface area contributed by atoms with Crippen LogP contribution in [-0.4, -0.2) is 10.7 Å². The zero-order chi connectivity index (χ0) is 11.4. The van der Waals surface area contributed by atoms with Crippen LogP contribution in [0.3, 0.4) is 0 Å². The molecule has 1 unspecified atom stereocenters. The first-order valence-corrected chi connectivity index (χ1v) is 5.90. The van der Waals surface area contributed by atoms with Gasteiger partial charge >= 0.3 is 0 Å². The van der Waals surface area contributed by atoms with Gasteiger partial charge in [-0.1, -0.05) is 55.5 Å². The summed E-state index contributed by atoms with van der Waals surface area (Å²) in [6, 6.07) is 10.2. The predicted molar refractivity (Wildman–Crippen MR) is 68.0 cm³/mol. The summed E-state index contributed by atoms with van der Waals surface area (Å²) in [6.45, 7) is 2.04. The van der Waals surface area contributed by atoms with Crippen LogP contribution in [-0.2, 0) is 0 Å². The van der Waals surface area contributed by atoms with Gasteiger partial charge in [0.25, 0.3) is 0 Å². The van der Waals surface area contributed by atoms with E-state index in [1.54, 1.807) is 0 Å². The van der Waals surface area contributed by atoms with E-state index in [4.69, 9.17) is 0 Å². The zero-order valence-electron chi connectivity index (χ0n) is 9.69. The Bertz CT molecular complexity index is 399. The van der Waals surface area contributed by atoms with E-state index in [-0.39, 0.29) is 0 Å². The van der Waals surface area contributed by atoms with E-state index >= 15 is 0 Å². The number of allylic oxidation sites excluding steroid dienone is 2. The van der Waals surface area contributed by atoms with Gasteiger partial charge in [0.05, 0.1) is 5.60 Å². The van der Waals surface area contributed by atoms with Crippen molar-refractivity contribution in [1.82, 2.24) is 0 Å². The lowest BCUT2D eigenvalue weighted by Gasteiger charge is -2.39. The van der Waals surface area contributed by atoms with Crippen LogP contribution >= 0.6 is 0 Å². The molecule has 2 rings (SSSR count). The zero-order valence-corrected chi connectivity index (χ0v) is 9.69. The molecule has 0 spiro atoms. The van der Waals surface area contributed by atoms with E-state index in [1.807, 2.05) is 31.2 Å². The fraction of sp³-hybridized carbons (Fsp3) is 0.333.